The summed E-state index contributed by atoms with van der Waals surface area (Å²) in [5.74, 6) is -2.38. The molecule has 1 aliphatic rings. The van der Waals surface area contributed by atoms with Crippen molar-refractivity contribution in [3.8, 4) is 0 Å². The molecule has 0 amide bonds. The van der Waals surface area contributed by atoms with Gasteiger partial charge in [-0.1, -0.05) is 12.1 Å². The number of nitrogens with zero attached hydrogens (tertiary/aromatic N) is 2. The quantitative estimate of drug-likeness (QED) is 0.402. The molecule has 0 unspecified atom stereocenters. The highest BCUT2D eigenvalue weighted by Gasteiger charge is 2.51. The fraction of sp³-hybridized carbons (Fsp3) is 0.368. The van der Waals surface area contributed by atoms with E-state index in [2.05, 4.69) is 0 Å². The highest BCUT2D eigenvalue weighted by atomic mass is 35.5. The Hall–Kier alpha value is -2.87. The molecule has 9 heteroatoms. The van der Waals surface area contributed by atoms with Crippen LogP contribution in [-0.4, -0.2) is 44.9 Å². The Morgan fingerprint density at radius 1 is 1.18 bits per heavy atom. The molecular weight excluding hydrogens is 388 g/mol. The van der Waals surface area contributed by atoms with Crippen molar-refractivity contribution in [3.63, 3.8) is 0 Å². The van der Waals surface area contributed by atoms with Crippen molar-refractivity contribution in [2.45, 2.75) is 32.1 Å². The van der Waals surface area contributed by atoms with E-state index in [1.807, 2.05) is 0 Å². The van der Waals surface area contributed by atoms with Gasteiger partial charge < -0.3 is 15.1 Å². The first-order chi connectivity index (χ1) is 13.1. The van der Waals surface area contributed by atoms with E-state index in [1.165, 1.54) is 29.2 Å². The molecule has 28 heavy (non-hydrogen) atoms. The molecule has 0 spiro atoms. The van der Waals surface area contributed by atoms with Crippen LogP contribution < -0.4 is 0 Å². The molecule has 1 aliphatic heterocycles. The lowest BCUT2D eigenvalue weighted by molar-refractivity contribution is -0.385. The SMILES string of the molecule is CC1=C(C(=O)O)C(CCCCl)(c2cccc([N+](=O)[O-])c2)C(C(=O)O)=C(C)N1C. The minimum Gasteiger partial charge on any atom is -0.478 e. The van der Waals surface area contributed by atoms with Gasteiger partial charge in [0.25, 0.3) is 5.69 Å². The number of rotatable bonds is 7. The summed E-state index contributed by atoms with van der Waals surface area (Å²) in [6.45, 7) is 3.19. The number of alkyl halides is 1. The van der Waals surface area contributed by atoms with E-state index in [0.29, 0.717) is 17.8 Å². The summed E-state index contributed by atoms with van der Waals surface area (Å²) < 4.78 is 0. The monoisotopic (exact) mass is 408 g/mol. The highest BCUT2D eigenvalue weighted by Crippen LogP contribution is 2.50. The van der Waals surface area contributed by atoms with Gasteiger partial charge in [0.2, 0.25) is 0 Å². The van der Waals surface area contributed by atoms with E-state index in [4.69, 9.17) is 11.6 Å². The number of carboxylic acids is 2. The maximum Gasteiger partial charge on any atom is 0.334 e. The van der Waals surface area contributed by atoms with Crippen LogP contribution in [-0.2, 0) is 15.0 Å². The van der Waals surface area contributed by atoms with Crippen LogP contribution >= 0.6 is 11.6 Å². The van der Waals surface area contributed by atoms with E-state index in [1.54, 1.807) is 20.9 Å². The Labute approximate surface area is 166 Å². The van der Waals surface area contributed by atoms with Gasteiger partial charge in [0.1, 0.15) is 0 Å². The average Bonchev–Trinajstić information content (AvgIpc) is 2.63. The van der Waals surface area contributed by atoms with Gasteiger partial charge in [-0.25, -0.2) is 9.59 Å². The predicted octanol–water partition coefficient (Wildman–Crippen LogP) is 3.51. The normalized spacial score (nSPS) is 16.4. The summed E-state index contributed by atoms with van der Waals surface area (Å²) in [7, 11) is 1.59. The Morgan fingerprint density at radius 2 is 1.71 bits per heavy atom. The lowest BCUT2D eigenvalue weighted by Crippen LogP contribution is -2.45. The number of carboxylic acid groups (broad SMARTS) is 2. The summed E-state index contributed by atoms with van der Waals surface area (Å²) in [6.07, 6.45) is 0.408. The lowest BCUT2D eigenvalue weighted by Gasteiger charge is -2.43. The summed E-state index contributed by atoms with van der Waals surface area (Å²) in [5.41, 5.74) is -1.07. The van der Waals surface area contributed by atoms with Gasteiger partial charge in [0, 0.05) is 36.5 Å². The molecule has 0 radical (unpaired) electrons. The van der Waals surface area contributed by atoms with Crippen LogP contribution in [0.25, 0.3) is 0 Å². The minimum atomic E-state index is -1.57. The molecule has 0 aromatic heterocycles. The van der Waals surface area contributed by atoms with Gasteiger partial charge in [-0.3, -0.25) is 10.1 Å². The topological polar surface area (TPSA) is 121 Å². The number of non-ortho nitro benzene ring substituents is 1. The van der Waals surface area contributed by atoms with E-state index < -0.39 is 22.3 Å². The molecule has 0 atom stereocenters. The highest BCUT2D eigenvalue weighted by molar-refractivity contribution is 6.17. The molecule has 0 saturated carbocycles. The van der Waals surface area contributed by atoms with Crippen molar-refractivity contribution in [1.29, 1.82) is 0 Å². The third-order valence-electron chi connectivity index (χ3n) is 5.25. The van der Waals surface area contributed by atoms with Gasteiger partial charge in [-0.15, -0.1) is 11.6 Å². The first kappa shape index (κ1) is 21.4. The number of carbonyl (C=O) groups is 2. The number of aliphatic carboxylic acids is 2. The second-order valence-electron chi connectivity index (χ2n) is 6.60. The Kier molecular flexibility index (Phi) is 6.14. The first-order valence-corrected chi connectivity index (χ1v) is 9.07. The molecule has 1 aromatic carbocycles. The van der Waals surface area contributed by atoms with Crippen LogP contribution in [0, 0.1) is 10.1 Å². The van der Waals surface area contributed by atoms with Crippen molar-refractivity contribution in [2.75, 3.05) is 12.9 Å². The molecule has 1 heterocycles. The van der Waals surface area contributed by atoms with Crippen molar-refractivity contribution < 1.29 is 24.7 Å². The minimum absolute atomic E-state index is 0.0868. The van der Waals surface area contributed by atoms with Crippen LogP contribution in [0.5, 0.6) is 0 Å². The van der Waals surface area contributed by atoms with E-state index in [0.717, 1.165) is 0 Å². The maximum absolute atomic E-state index is 12.3. The standard InChI is InChI=1S/C19H21ClN2O6/c1-11-15(17(23)24)19(8-5-9-20,16(18(25)26)12(2)21(11)3)13-6-4-7-14(10-13)22(27)28/h4,6-7,10H,5,8-9H2,1-3H3,(H,23,24)(H,25,26). The van der Waals surface area contributed by atoms with Gasteiger partial charge >= 0.3 is 11.9 Å². The third kappa shape index (κ3) is 3.35. The Balaban J connectivity index is 3.00. The molecule has 150 valence electrons. The first-order valence-electron chi connectivity index (χ1n) is 8.53. The van der Waals surface area contributed by atoms with Crippen LogP contribution in [0.3, 0.4) is 0 Å². The fourth-order valence-electron chi connectivity index (χ4n) is 3.90. The van der Waals surface area contributed by atoms with Crippen molar-refractivity contribution in [1.82, 2.24) is 4.90 Å². The van der Waals surface area contributed by atoms with Gasteiger partial charge in [-0.05, 0) is 32.3 Å². The largest absolute Gasteiger partial charge is 0.478 e. The molecule has 0 saturated heterocycles. The fourth-order valence-corrected chi connectivity index (χ4v) is 4.04. The molecular formula is C19H21ClN2O6. The Morgan fingerprint density at radius 3 is 2.14 bits per heavy atom. The molecule has 0 fully saturated rings. The average molecular weight is 409 g/mol. The number of hydrogen-bond donors (Lipinski definition) is 2. The maximum atomic E-state index is 12.3. The Bertz CT molecular complexity index is 867. The smallest absolute Gasteiger partial charge is 0.334 e. The zero-order valence-electron chi connectivity index (χ0n) is 15.7. The van der Waals surface area contributed by atoms with E-state index in [9.17, 15) is 29.9 Å². The lowest BCUT2D eigenvalue weighted by atomic mass is 9.63. The molecule has 0 aliphatic carbocycles. The number of halogens is 1. The molecule has 2 N–H and O–H groups in total. The van der Waals surface area contributed by atoms with Crippen LogP contribution in [0.15, 0.2) is 46.8 Å². The number of benzene rings is 1. The number of nitro benzene ring substituents is 1. The van der Waals surface area contributed by atoms with Crippen LogP contribution in [0.1, 0.15) is 32.3 Å². The van der Waals surface area contributed by atoms with Crippen LogP contribution in [0.2, 0.25) is 0 Å². The number of nitro groups is 1. The third-order valence-corrected chi connectivity index (χ3v) is 5.51. The van der Waals surface area contributed by atoms with E-state index >= 15 is 0 Å². The van der Waals surface area contributed by atoms with Gasteiger partial charge in [0.15, 0.2) is 0 Å². The second-order valence-corrected chi connectivity index (χ2v) is 6.97. The predicted molar refractivity (Wildman–Crippen MR) is 103 cm³/mol. The molecule has 2 rings (SSSR count). The summed E-state index contributed by atoms with van der Waals surface area (Å²) in [6, 6.07) is 5.48. The van der Waals surface area contributed by atoms with Gasteiger partial charge in [0.05, 0.1) is 21.5 Å². The zero-order chi connectivity index (χ0) is 21.2. The van der Waals surface area contributed by atoms with Crippen LogP contribution in [0.4, 0.5) is 5.69 Å². The van der Waals surface area contributed by atoms with E-state index in [-0.39, 0.29) is 34.7 Å². The molecule has 8 nitrogen and oxygen atoms in total. The molecule has 0 bridgehead atoms. The summed E-state index contributed by atoms with van der Waals surface area (Å²) in [4.78, 5) is 36.8. The van der Waals surface area contributed by atoms with Crippen molar-refractivity contribution in [3.05, 3.63) is 62.5 Å². The number of hydrogen-bond acceptors (Lipinski definition) is 5. The molecule has 1 aromatic rings. The second kappa shape index (κ2) is 8.02. The zero-order valence-corrected chi connectivity index (χ0v) is 16.5. The van der Waals surface area contributed by atoms with Crippen molar-refractivity contribution in [2.24, 2.45) is 0 Å². The summed E-state index contributed by atoms with van der Waals surface area (Å²) in [5, 5.41) is 31.3. The van der Waals surface area contributed by atoms with Crippen molar-refractivity contribution >= 4 is 29.2 Å². The number of allylic oxidation sites excluding steroid dienone is 2. The summed E-state index contributed by atoms with van der Waals surface area (Å²) >= 11 is 5.86. The van der Waals surface area contributed by atoms with Gasteiger partial charge in [-0.2, -0.15) is 0 Å².